The van der Waals surface area contributed by atoms with Crippen LogP contribution in [-0.2, 0) is 0 Å². The number of aromatic nitrogens is 1. The Morgan fingerprint density at radius 1 is 1.06 bits per heavy atom. The predicted molar refractivity (Wildman–Crippen MR) is 71.6 cm³/mol. The summed E-state index contributed by atoms with van der Waals surface area (Å²) in [4.78, 5) is 3.41. The normalized spacial score (nSPS) is 10.9. The zero-order chi connectivity index (χ0) is 11.8. The maximum atomic E-state index is 5.42. The molecule has 17 heavy (non-hydrogen) atoms. The van der Waals surface area contributed by atoms with Crippen molar-refractivity contribution in [1.82, 2.24) is 4.98 Å². The predicted octanol–water partition coefficient (Wildman–Crippen LogP) is 4.47. The van der Waals surface area contributed by atoms with Crippen LogP contribution < -0.4 is 0 Å². The van der Waals surface area contributed by atoms with E-state index >= 15 is 0 Å². The number of oxazole rings is 1. The highest BCUT2D eigenvalue weighted by Gasteiger charge is 2.02. The summed E-state index contributed by atoms with van der Waals surface area (Å²) in [5.41, 5.74) is 5.31. The van der Waals surface area contributed by atoms with Crippen LogP contribution >= 0.6 is 12.2 Å². The molecule has 0 fully saturated rings. The summed E-state index contributed by atoms with van der Waals surface area (Å²) in [5, 5.41) is 0. The molecule has 3 heteroatoms. The zero-order valence-electron chi connectivity index (χ0n) is 9.36. The number of fused-ring (bicyclic) bond motifs is 1. The number of aryl methyl sites for hydroxylation is 1. The van der Waals surface area contributed by atoms with Gasteiger partial charge in [-0.15, -0.1) is 0 Å². The maximum Gasteiger partial charge on any atom is 0.266 e. The van der Waals surface area contributed by atoms with Crippen LogP contribution in [0.2, 0.25) is 0 Å². The first kappa shape index (κ1) is 10.3. The molecule has 0 bridgehead atoms. The van der Waals surface area contributed by atoms with Gasteiger partial charge >= 0.3 is 0 Å². The van der Waals surface area contributed by atoms with Crippen LogP contribution in [0, 0.1) is 11.8 Å². The van der Waals surface area contributed by atoms with E-state index in [9.17, 15) is 0 Å². The SMILES string of the molecule is Cc1cccc(-c2ccc3[nH]c(=S)oc3c2)c1. The highest BCUT2D eigenvalue weighted by molar-refractivity contribution is 7.71. The summed E-state index contributed by atoms with van der Waals surface area (Å²) in [6.45, 7) is 2.09. The first-order chi connectivity index (χ1) is 8.22. The third kappa shape index (κ3) is 1.89. The van der Waals surface area contributed by atoms with Gasteiger partial charge < -0.3 is 9.40 Å². The van der Waals surface area contributed by atoms with Crippen molar-refractivity contribution in [3.05, 3.63) is 52.9 Å². The Morgan fingerprint density at radius 2 is 1.88 bits per heavy atom. The van der Waals surface area contributed by atoms with Crippen molar-refractivity contribution in [3.8, 4) is 11.1 Å². The standard InChI is InChI=1S/C14H11NOS/c1-9-3-2-4-10(7-9)11-5-6-12-13(8-11)16-14(17)15-12/h2-8H,1H3,(H,15,17). The van der Waals surface area contributed by atoms with Crippen LogP contribution in [0.4, 0.5) is 0 Å². The number of rotatable bonds is 1. The largest absolute Gasteiger partial charge is 0.429 e. The topological polar surface area (TPSA) is 28.9 Å². The lowest BCUT2D eigenvalue weighted by Crippen LogP contribution is -1.79. The summed E-state index contributed by atoms with van der Waals surface area (Å²) in [6, 6.07) is 14.5. The maximum absolute atomic E-state index is 5.42. The number of benzene rings is 2. The summed E-state index contributed by atoms with van der Waals surface area (Å²) in [7, 11) is 0. The Labute approximate surface area is 104 Å². The van der Waals surface area contributed by atoms with E-state index < -0.39 is 0 Å². The van der Waals surface area contributed by atoms with Gasteiger partial charge in [-0.3, -0.25) is 0 Å². The van der Waals surface area contributed by atoms with Crippen LogP contribution in [0.1, 0.15) is 5.56 Å². The van der Waals surface area contributed by atoms with Crippen molar-refractivity contribution in [3.63, 3.8) is 0 Å². The first-order valence-corrected chi connectivity index (χ1v) is 5.83. The van der Waals surface area contributed by atoms with Crippen molar-refractivity contribution in [2.45, 2.75) is 6.92 Å². The van der Waals surface area contributed by atoms with E-state index in [2.05, 4.69) is 42.2 Å². The van der Waals surface area contributed by atoms with Crippen molar-refractivity contribution in [1.29, 1.82) is 0 Å². The Hall–Kier alpha value is -1.87. The van der Waals surface area contributed by atoms with Gasteiger partial charge in [-0.2, -0.15) is 0 Å². The Kier molecular flexibility index (Phi) is 2.34. The van der Waals surface area contributed by atoms with Gasteiger partial charge in [-0.05, 0) is 42.4 Å². The minimum Gasteiger partial charge on any atom is -0.429 e. The van der Waals surface area contributed by atoms with Gasteiger partial charge in [0.25, 0.3) is 4.84 Å². The molecular weight excluding hydrogens is 230 g/mol. The van der Waals surface area contributed by atoms with E-state index in [4.69, 9.17) is 16.6 Å². The van der Waals surface area contributed by atoms with E-state index in [0.29, 0.717) is 4.84 Å². The molecule has 0 amide bonds. The van der Waals surface area contributed by atoms with Crippen LogP contribution in [0.15, 0.2) is 46.9 Å². The molecule has 0 aliphatic carbocycles. The number of H-pyrrole nitrogens is 1. The van der Waals surface area contributed by atoms with Crippen LogP contribution in [0.5, 0.6) is 0 Å². The van der Waals surface area contributed by atoms with E-state index in [1.165, 1.54) is 11.1 Å². The molecule has 0 unspecified atom stereocenters. The van der Waals surface area contributed by atoms with Crippen molar-refractivity contribution >= 4 is 23.3 Å². The van der Waals surface area contributed by atoms with E-state index in [1.807, 2.05) is 12.1 Å². The van der Waals surface area contributed by atoms with E-state index in [-0.39, 0.29) is 0 Å². The summed E-state index contributed by atoms with van der Waals surface area (Å²) < 4.78 is 5.42. The highest BCUT2D eigenvalue weighted by Crippen LogP contribution is 2.24. The van der Waals surface area contributed by atoms with Gasteiger partial charge in [-0.25, -0.2) is 0 Å². The Morgan fingerprint density at radius 3 is 2.71 bits per heavy atom. The van der Waals surface area contributed by atoms with Gasteiger partial charge in [0, 0.05) is 0 Å². The van der Waals surface area contributed by atoms with Crippen LogP contribution in [0.25, 0.3) is 22.2 Å². The molecule has 0 aliphatic heterocycles. The molecule has 1 heterocycles. The molecule has 1 N–H and O–H groups in total. The lowest BCUT2D eigenvalue weighted by atomic mass is 10.0. The Balaban J connectivity index is 2.20. The van der Waals surface area contributed by atoms with Gasteiger partial charge in [0.1, 0.15) is 0 Å². The fraction of sp³-hybridized carbons (Fsp3) is 0.0714. The van der Waals surface area contributed by atoms with Gasteiger partial charge in [0.15, 0.2) is 5.58 Å². The van der Waals surface area contributed by atoms with Gasteiger partial charge in [0.05, 0.1) is 5.52 Å². The average molecular weight is 241 g/mol. The molecule has 0 radical (unpaired) electrons. The average Bonchev–Trinajstić information content (AvgIpc) is 2.68. The number of nitrogens with one attached hydrogen (secondary N) is 1. The molecule has 3 aromatic rings. The minimum atomic E-state index is 0.418. The van der Waals surface area contributed by atoms with Crippen molar-refractivity contribution in [2.24, 2.45) is 0 Å². The second-order valence-corrected chi connectivity index (χ2v) is 4.47. The quantitative estimate of drug-likeness (QED) is 0.637. The summed E-state index contributed by atoms with van der Waals surface area (Å²) in [6.07, 6.45) is 0. The fourth-order valence-corrected chi connectivity index (χ4v) is 2.15. The third-order valence-electron chi connectivity index (χ3n) is 2.77. The highest BCUT2D eigenvalue weighted by atomic mass is 32.1. The number of hydrogen-bond donors (Lipinski definition) is 1. The molecule has 2 aromatic carbocycles. The fourth-order valence-electron chi connectivity index (χ4n) is 1.95. The van der Waals surface area contributed by atoms with Gasteiger partial charge in [0.2, 0.25) is 0 Å². The molecule has 2 nitrogen and oxygen atoms in total. The van der Waals surface area contributed by atoms with Gasteiger partial charge in [-0.1, -0.05) is 35.9 Å². The summed E-state index contributed by atoms with van der Waals surface area (Å²) in [5.74, 6) is 0. The van der Waals surface area contributed by atoms with E-state index in [1.54, 1.807) is 0 Å². The molecule has 0 saturated carbocycles. The smallest absolute Gasteiger partial charge is 0.266 e. The van der Waals surface area contributed by atoms with Crippen LogP contribution in [-0.4, -0.2) is 4.98 Å². The monoisotopic (exact) mass is 241 g/mol. The van der Waals surface area contributed by atoms with Crippen LogP contribution in [0.3, 0.4) is 0 Å². The number of aromatic amines is 1. The molecule has 0 atom stereocenters. The Bertz CT molecular complexity index is 739. The second-order valence-electron chi connectivity index (χ2n) is 4.09. The molecule has 84 valence electrons. The second kappa shape index (κ2) is 3.86. The molecule has 0 aliphatic rings. The minimum absolute atomic E-state index is 0.418. The zero-order valence-corrected chi connectivity index (χ0v) is 10.2. The van der Waals surface area contributed by atoms with Crippen molar-refractivity contribution in [2.75, 3.05) is 0 Å². The summed E-state index contributed by atoms with van der Waals surface area (Å²) >= 11 is 4.97. The van der Waals surface area contributed by atoms with Crippen molar-refractivity contribution < 1.29 is 4.42 Å². The lowest BCUT2D eigenvalue weighted by Gasteiger charge is -2.02. The van der Waals surface area contributed by atoms with E-state index in [0.717, 1.165) is 16.7 Å². The molecule has 3 rings (SSSR count). The lowest BCUT2D eigenvalue weighted by molar-refractivity contribution is 0.583. The molecule has 0 saturated heterocycles. The molecule has 0 spiro atoms. The first-order valence-electron chi connectivity index (χ1n) is 5.42. The number of hydrogen-bond acceptors (Lipinski definition) is 2. The molecular formula is C14H11NOS. The molecule has 1 aromatic heterocycles. The third-order valence-corrected chi connectivity index (χ3v) is 2.96.